The number of rotatable bonds is 4. The quantitative estimate of drug-likeness (QED) is 0.691. The number of hydrogen-bond donors (Lipinski definition) is 0. The van der Waals surface area contributed by atoms with Crippen LogP contribution in [0.25, 0.3) is 5.65 Å². The average Bonchev–Trinajstić information content (AvgIpc) is 3.10. The standard InChI is InChI=1S/C14H15N5S/c1-18-13(10-5-6-10)16-17-14(18)20-9-11-8-19-7-3-2-4-12(19)15-11/h2-4,7-8,10H,5-6,9H2,1H3. The van der Waals surface area contributed by atoms with Gasteiger partial charge in [0.2, 0.25) is 0 Å². The smallest absolute Gasteiger partial charge is 0.191 e. The summed E-state index contributed by atoms with van der Waals surface area (Å²) in [6, 6.07) is 6.03. The van der Waals surface area contributed by atoms with Gasteiger partial charge in [-0.2, -0.15) is 0 Å². The van der Waals surface area contributed by atoms with E-state index in [2.05, 4.69) is 33.0 Å². The Morgan fingerprint density at radius 2 is 2.20 bits per heavy atom. The van der Waals surface area contributed by atoms with E-state index < -0.39 is 0 Å². The number of pyridine rings is 1. The number of thioether (sulfide) groups is 1. The molecule has 6 heteroatoms. The molecule has 4 rings (SSSR count). The molecule has 0 atom stereocenters. The largest absolute Gasteiger partial charge is 0.309 e. The Bertz CT molecular complexity index is 723. The highest BCUT2D eigenvalue weighted by atomic mass is 32.2. The van der Waals surface area contributed by atoms with E-state index in [9.17, 15) is 0 Å². The fourth-order valence-corrected chi connectivity index (χ4v) is 3.15. The molecule has 0 spiro atoms. The van der Waals surface area contributed by atoms with Gasteiger partial charge in [-0.1, -0.05) is 17.8 Å². The summed E-state index contributed by atoms with van der Waals surface area (Å²) in [6.07, 6.45) is 6.59. The topological polar surface area (TPSA) is 48.0 Å². The van der Waals surface area contributed by atoms with Gasteiger partial charge in [0.25, 0.3) is 0 Å². The second kappa shape index (κ2) is 4.63. The molecule has 1 saturated carbocycles. The van der Waals surface area contributed by atoms with Crippen molar-refractivity contribution in [3.05, 3.63) is 42.1 Å². The summed E-state index contributed by atoms with van der Waals surface area (Å²) in [7, 11) is 2.06. The molecule has 3 heterocycles. The van der Waals surface area contributed by atoms with Crippen LogP contribution >= 0.6 is 11.8 Å². The zero-order chi connectivity index (χ0) is 13.5. The van der Waals surface area contributed by atoms with E-state index in [1.165, 1.54) is 12.8 Å². The van der Waals surface area contributed by atoms with E-state index in [1.807, 2.05) is 28.8 Å². The SMILES string of the molecule is Cn1c(SCc2cn3ccccc3n2)nnc1C1CC1. The van der Waals surface area contributed by atoms with Gasteiger partial charge in [0, 0.05) is 31.1 Å². The molecule has 20 heavy (non-hydrogen) atoms. The van der Waals surface area contributed by atoms with Crippen LogP contribution < -0.4 is 0 Å². The van der Waals surface area contributed by atoms with Gasteiger partial charge >= 0.3 is 0 Å². The first kappa shape index (κ1) is 12.0. The first-order valence-corrected chi connectivity index (χ1v) is 7.74. The highest BCUT2D eigenvalue weighted by Crippen LogP contribution is 2.39. The van der Waals surface area contributed by atoms with Crippen molar-refractivity contribution in [2.45, 2.75) is 29.7 Å². The summed E-state index contributed by atoms with van der Waals surface area (Å²) < 4.78 is 4.17. The Labute approximate surface area is 121 Å². The monoisotopic (exact) mass is 285 g/mol. The molecule has 0 bridgehead atoms. The van der Waals surface area contributed by atoms with Crippen molar-refractivity contribution in [1.29, 1.82) is 0 Å². The summed E-state index contributed by atoms with van der Waals surface area (Å²) in [5.74, 6) is 2.58. The second-order valence-electron chi connectivity index (χ2n) is 5.16. The molecule has 0 aliphatic heterocycles. The van der Waals surface area contributed by atoms with Crippen LogP contribution in [0.5, 0.6) is 0 Å². The van der Waals surface area contributed by atoms with Crippen molar-refractivity contribution < 1.29 is 0 Å². The molecule has 3 aromatic heterocycles. The third kappa shape index (κ3) is 2.10. The third-order valence-corrected chi connectivity index (χ3v) is 4.63. The van der Waals surface area contributed by atoms with Crippen molar-refractivity contribution >= 4 is 17.4 Å². The molecule has 5 nitrogen and oxygen atoms in total. The third-order valence-electron chi connectivity index (χ3n) is 3.57. The van der Waals surface area contributed by atoms with Gasteiger partial charge in [-0.25, -0.2) is 4.98 Å². The highest BCUT2D eigenvalue weighted by molar-refractivity contribution is 7.98. The Morgan fingerprint density at radius 3 is 3.00 bits per heavy atom. The molecule has 0 amide bonds. The van der Waals surface area contributed by atoms with Gasteiger partial charge in [-0.05, 0) is 25.0 Å². The molecule has 0 saturated heterocycles. The van der Waals surface area contributed by atoms with E-state index in [4.69, 9.17) is 0 Å². The van der Waals surface area contributed by atoms with Crippen LogP contribution in [0.15, 0.2) is 35.7 Å². The molecule has 0 aromatic carbocycles. The zero-order valence-corrected chi connectivity index (χ0v) is 12.0. The molecule has 1 fully saturated rings. The highest BCUT2D eigenvalue weighted by Gasteiger charge is 2.29. The maximum Gasteiger partial charge on any atom is 0.191 e. The first-order chi connectivity index (χ1) is 9.81. The molecule has 0 radical (unpaired) electrons. The van der Waals surface area contributed by atoms with Crippen molar-refractivity contribution in [3.63, 3.8) is 0 Å². The van der Waals surface area contributed by atoms with Crippen LogP contribution in [0, 0.1) is 0 Å². The lowest BCUT2D eigenvalue weighted by Gasteiger charge is -2.01. The summed E-state index contributed by atoms with van der Waals surface area (Å²) in [5.41, 5.74) is 2.05. The lowest BCUT2D eigenvalue weighted by molar-refractivity contribution is 0.736. The summed E-state index contributed by atoms with van der Waals surface area (Å²) in [5, 5.41) is 9.56. The minimum Gasteiger partial charge on any atom is -0.309 e. The number of fused-ring (bicyclic) bond motifs is 1. The van der Waals surface area contributed by atoms with E-state index in [0.29, 0.717) is 5.92 Å². The summed E-state index contributed by atoms with van der Waals surface area (Å²) >= 11 is 1.69. The minimum absolute atomic E-state index is 0.636. The molecular weight excluding hydrogens is 270 g/mol. The second-order valence-corrected chi connectivity index (χ2v) is 6.10. The van der Waals surface area contributed by atoms with Crippen LogP contribution in [-0.4, -0.2) is 24.1 Å². The molecule has 0 unspecified atom stereocenters. The fourth-order valence-electron chi connectivity index (χ4n) is 2.34. The molecule has 102 valence electrons. The molecule has 0 N–H and O–H groups in total. The van der Waals surface area contributed by atoms with Gasteiger partial charge in [-0.3, -0.25) is 0 Å². The predicted octanol–water partition coefficient (Wildman–Crippen LogP) is 2.63. The van der Waals surface area contributed by atoms with E-state index >= 15 is 0 Å². The minimum atomic E-state index is 0.636. The fraction of sp³-hybridized carbons (Fsp3) is 0.357. The van der Waals surface area contributed by atoms with Crippen molar-refractivity contribution in [3.8, 4) is 0 Å². The van der Waals surface area contributed by atoms with Crippen LogP contribution in [0.2, 0.25) is 0 Å². The Hall–Kier alpha value is -1.82. The first-order valence-electron chi connectivity index (χ1n) is 6.76. The van der Waals surface area contributed by atoms with Gasteiger partial charge in [0.05, 0.1) is 5.69 Å². The normalized spacial score (nSPS) is 15.1. The Morgan fingerprint density at radius 1 is 1.30 bits per heavy atom. The zero-order valence-electron chi connectivity index (χ0n) is 11.2. The van der Waals surface area contributed by atoms with E-state index in [-0.39, 0.29) is 0 Å². The van der Waals surface area contributed by atoms with Gasteiger partial charge in [-0.15, -0.1) is 10.2 Å². The maximum absolute atomic E-state index is 4.60. The molecule has 1 aliphatic rings. The lowest BCUT2D eigenvalue weighted by Crippen LogP contribution is -1.97. The van der Waals surface area contributed by atoms with Crippen molar-refractivity contribution in [1.82, 2.24) is 24.1 Å². The van der Waals surface area contributed by atoms with Crippen molar-refractivity contribution in [2.75, 3.05) is 0 Å². The van der Waals surface area contributed by atoms with Crippen LogP contribution in [0.3, 0.4) is 0 Å². The number of nitrogens with zero attached hydrogens (tertiary/aromatic N) is 5. The van der Waals surface area contributed by atoms with Crippen molar-refractivity contribution in [2.24, 2.45) is 7.05 Å². The number of hydrogen-bond acceptors (Lipinski definition) is 4. The average molecular weight is 285 g/mol. The van der Waals surface area contributed by atoms with Crippen LogP contribution in [-0.2, 0) is 12.8 Å². The number of aromatic nitrogens is 5. The summed E-state index contributed by atoms with van der Waals surface area (Å²) in [6.45, 7) is 0. The molecule has 1 aliphatic carbocycles. The number of imidazole rings is 1. The van der Waals surface area contributed by atoms with Gasteiger partial charge in [0.15, 0.2) is 5.16 Å². The lowest BCUT2D eigenvalue weighted by atomic mass is 10.4. The predicted molar refractivity (Wildman–Crippen MR) is 77.7 cm³/mol. The Balaban J connectivity index is 1.52. The molecule has 3 aromatic rings. The van der Waals surface area contributed by atoms with Crippen LogP contribution in [0.1, 0.15) is 30.3 Å². The van der Waals surface area contributed by atoms with E-state index in [0.717, 1.165) is 28.1 Å². The maximum atomic E-state index is 4.60. The summed E-state index contributed by atoms with van der Waals surface area (Å²) in [4.78, 5) is 4.60. The Kier molecular flexibility index (Phi) is 2.77. The van der Waals surface area contributed by atoms with E-state index in [1.54, 1.807) is 11.8 Å². The van der Waals surface area contributed by atoms with Crippen LogP contribution in [0.4, 0.5) is 0 Å². The van der Waals surface area contributed by atoms with Gasteiger partial charge in [0.1, 0.15) is 11.5 Å². The molecular formula is C14H15N5S. The van der Waals surface area contributed by atoms with Gasteiger partial charge < -0.3 is 8.97 Å².